The molecule has 10 heteroatoms. The van der Waals surface area contributed by atoms with Gasteiger partial charge in [0.25, 0.3) is 0 Å². The molecule has 0 aliphatic heterocycles. The van der Waals surface area contributed by atoms with E-state index in [1.165, 1.54) is 25.7 Å². The van der Waals surface area contributed by atoms with Crippen LogP contribution in [0.15, 0.2) is 23.3 Å². The van der Waals surface area contributed by atoms with Gasteiger partial charge in [0, 0.05) is 7.11 Å². The first kappa shape index (κ1) is 24.2. The van der Waals surface area contributed by atoms with Gasteiger partial charge in [-0.1, -0.05) is 5.57 Å². The Balaban J connectivity index is 1.78. The number of nitrogens with two attached hydrogens (primary N) is 1. The first-order valence-electron chi connectivity index (χ1n) is 10.5. The van der Waals surface area contributed by atoms with Gasteiger partial charge in [0.2, 0.25) is 11.8 Å². The number of alkyl halides is 3. The summed E-state index contributed by atoms with van der Waals surface area (Å²) in [5, 5.41) is 4.32. The Hall–Kier alpha value is -2.46. The van der Waals surface area contributed by atoms with E-state index in [1.54, 1.807) is 5.32 Å². The van der Waals surface area contributed by atoms with Crippen LogP contribution >= 0.6 is 0 Å². The lowest BCUT2D eigenvalue weighted by Crippen LogP contribution is -2.38. The van der Waals surface area contributed by atoms with E-state index in [9.17, 15) is 27.2 Å². The predicted octanol–water partition coefficient (Wildman–Crippen LogP) is 3.52. The fraction of sp³-hybridized carbons (Fsp3) is 0.545. The molecular formula is C22H27F4N3O3. The van der Waals surface area contributed by atoms with Gasteiger partial charge in [-0.3, -0.25) is 9.59 Å². The molecule has 2 aliphatic carbocycles. The number of carbonyl (C=O) groups is 2. The maximum Gasteiger partial charge on any atom is 0.405 e. The van der Waals surface area contributed by atoms with Crippen LogP contribution in [0.4, 0.5) is 23.2 Å². The van der Waals surface area contributed by atoms with Gasteiger partial charge >= 0.3 is 6.18 Å². The zero-order chi connectivity index (χ0) is 23.6. The highest BCUT2D eigenvalue weighted by Gasteiger charge is 2.37. The normalized spacial score (nSPS) is 17.5. The number of hydrogen-bond acceptors (Lipinski definition) is 4. The molecule has 2 amide bonds. The summed E-state index contributed by atoms with van der Waals surface area (Å²) >= 11 is 0. The molecule has 0 radical (unpaired) electrons. The first-order chi connectivity index (χ1) is 15.0. The van der Waals surface area contributed by atoms with Gasteiger partial charge in [0.15, 0.2) is 0 Å². The van der Waals surface area contributed by atoms with E-state index in [2.05, 4.69) is 5.32 Å². The molecule has 176 valence electrons. The van der Waals surface area contributed by atoms with Gasteiger partial charge in [-0.25, -0.2) is 4.39 Å². The lowest BCUT2D eigenvalue weighted by Gasteiger charge is -2.20. The van der Waals surface area contributed by atoms with Gasteiger partial charge in [0.1, 0.15) is 18.4 Å². The number of halogens is 4. The Morgan fingerprint density at radius 2 is 1.88 bits per heavy atom. The van der Waals surface area contributed by atoms with E-state index in [0.29, 0.717) is 11.5 Å². The summed E-state index contributed by atoms with van der Waals surface area (Å²) in [6.45, 7) is -0.139. The van der Waals surface area contributed by atoms with Crippen molar-refractivity contribution in [2.45, 2.75) is 57.3 Å². The van der Waals surface area contributed by atoms with E-state index in [1.807, 2.05) is 0 Å². The van der Waals surface area contributed by atoms with Crippen molar-refractivity contribution in [2.24, 2.45) is 11.7 Å². The summed E-state index contributed by atoms with van der Waals surface area (Å²) in [7, 11) is 1.39. The number of rotatable bonds is 9. The van der Waals surface area contributed by atoms with Crippen molar-refractivity contribution in [1.29, 1.82) is 0 Å². The first-order valence-corrected chi connectivity index (χ1v) is 10.5. The number of methoxy groups -OCH3 is 1. The highest BCUT2D eigenvalue weighted by Crippen LogP contribution is 2.45. The lowest BCUT2D eigenvalue weighted by atomic mass is 9.94. The van der Waals surface area contributed by atoms with Gasteiger partial charge in [-0.15, -0.1) is 0 Å². The minimum Gasteiger partial charge on any atom is -0.380 e. The molecule has 0 spiro atoms. The fourth-order valence-corrected chi connectivity index (χ4v) is 3.75. The fourth-order valence-electron chi connectivity index (χ4n) is 3.75. The number of benzene rings is 1. The van der Waals surface area contributed by atoms with Crippen LogP contribution in [0.5, 0.6) is 0 Å². The molecule has 2 atom stereocenters. The van der Waals surface area contributed by atoms with Crippen molar-refractivity contribution in [3.8, 4) is 0 Å². The van der Waals surface area contributed by atoms with Crippen molar-refractivity contribution in [2.75, 3.05) is 19.0 Å². The second-order valence-corrected chi connectivity index (χ2v) is 8.32. The van der Waals surface area contributed by atoms with Crippen LogP contribution in [0, 0.1) is 11.7 Å². The van der Waals surface area contributed by atoms with Crippen LogP contribution in [-0.4, -0.2) is 37.7 Å². The zero-order valence-corrected chi connectivity index (χ0v) is 17.9. The highest BCUT2D eigenvalue weighted by molar-refractivity contribution is 5.97. The Morgan fingerprint density at radius 1 is 1.22 bits per heavy atom. The molecule has 4 N–H and O–H groups in total. The zero-order valence-electron chi connectivity index (χ0n) is 17.9. The number of hydrogen-bond donors (Lipinski definition) is 3. The lowest BCUT2D eigenvalue weighted by molar-refractivity contribution is -0.139. The Bertz CT molecular complexity index is 920. The number of anilines is 1. The third kappa shape index (κ3) is 6.07. The number of ether oxygens (including phenoxy) is 1. The molecule has 0 aromatic heterocycles. The van der Waals surface area contributed by atoms with E-state index < -0.39 is 42.3 Å². The smallest absolute Gasteiger partial charge is 0.380 e. The molecule has 2 aliphatic rings. The maximum absolute atomic E-state index is 14.8. The van der Waals surface area contributed by atoms with Crippen molar-refractivity contribution in [3.05, 3.63) is 40.2 Å². The number of carbonyl (C=O) groups excluding carboxylic acids is 2. The molecule has 2 saturated carbocycles. The summed E-state index contributed by atoms with van der Waals surface area (Å²) < 4.78 is 57.1. The number of amides is 2. The molecule has 32 heavy (non-hydrogen) atoms. The van der Waals surface area contributed by atoms with Gasteiger partial charge < -0.3 is 21.1 Å². The molecule has 1 aromatic rings. The third-order valence-corrected chi connectivity index (χ3v) is 5.65. The number of nitrogens with one attached hydrogen (secondary N) is 2. The molecule has 1 unspecified atom stereocenters. The summed E-state index contributed by atoms with van der Waals surface area (Å²) in [5.41, 5.74) is 8.73. The predicted molar refractivity (Wildman–Crippen MR) is 110 cm³/mol. The van der Waals surface area contributed by atoms with Crippen LogP contribution in [0.2, 0.25) is 0 Å². The van der Waals surface area contributed by atoms with E-state index in [4.69, 9.17) is 10.5 Å². The molecule has 0 bridgehead atoms. The second-order valence-electron chi connectivity index (χ2n) is 8.32. The van der Waals surface area contributed by atoms with E-state index >= 15 is 0 Å². The minimum atomic E-state index is -4.56. The van der Waals surface area contributed by atoms with Crippen molar-refractivity contribution in [3.63, 3.8) is 0 Å². The molecule has 0 heterocycles. The molecule has 6 nitrogen and oxygen atoms in total. The standard InChI is InChI=1S/C22H27F4N3O3/c1-11(20(30)28-10-22(24,25)26)15-8-16(23)17(7-14(15)9-32-2)29-21(31)19(27)18(12-3-4-12)13-5-6-13/h7-8,11-12,19H,3-6,9-10,27H2,1-2H3,(H,28,30)(H,29,31)/t11?,19-/m0/s1. The van der Waals surface area contributed by atoms with Crippen LogP contribution in [0.3, 0.4) is 0 Å². The molecule has 0 saturated heterocycles. The van der Waals surface area contributed by atoms with Gasteiger partial charge in [-0.05, 0) is 67.4 Å². The second kappa shape index (κ2) is 9.58. The highest BCUT2D eigenvalue weighted by atomic mass is 19.4. The quantitative estimate of drug-likeness (QED) is 0.391. The maximum atomic E-state index is 14.8. The average Bonchev–Trinajstić information content (AvgIpc) is 3.62. The largest absolute Gasteiger partial charge is 0.405 e. The van der Waals surface area contributed by atoms with Gasteiger partial charge in [-0.2, -0.15) is 13.2 Å². The minimum absolute atomic E-state index is 0.0290. The van der Waals surface area contributed by atoms with Crippen LogP contribution in [-0.2, 0) is 20.9 Å². The summed E-state index contributed by atoms with van der Waals surface area (Å²) in [5.74, 6) is -2.99. The average molecular weight is 457 g/mol. The summed E-state index contributed by atoms with van der Waals surface area (Å²) in [4.78, 5) is 24.9. The van der Waals surface area contributed by atoms with E-state index in [0.717, 1.165) is 37.3 Å². The Labute approximate surface area is 183 Å². The van der Waals surface area contributed by atoms with Crippen LogP contribution in [0.25, 0.3) is 0 Å². The third-order valence-electron chi connectivity index (χ3n) is 5.65. The molecular weight excluding hydrogens is 430 g/mol. The van der Waals surface area contributed by atoms with Crippen molar-refractivity contribution in [1.82, 2.24) is 5.32 Å². The molecule has 2 fully saturated rings. The van der Waals surface area contributed by atoms with Crippen LogP contribution < -0.4 is 16.4 Å². The van der Waals surface area contributed by atoms with Crippen LogP contribution in [0.1, 0.15) is 49.7 Å². The van der Waals surface area contributed by atoms with Crippen molar-refractivity contribution < 1.29 is 31.9 Å². The Morgan fingerprint density at radius 3 is 2.41 bits per heavy atom. The summed E-state index contributed by atoms with van der Waals surface area (Å²) in [6, 6.07) is 1.50. The van der Waals surface area contributed by atoms with Gasteiger partial charge in [0.05, 0.1) is 18.2 Å². The molecule has 1 aromatic carbocycles. The number of allylic oxidation sites excluding steroid dienone is 1. The van der Waals surface area contributed by atoms with Crippen molar-refractivity contribution >= 4 is 17.5 Å². The summed E-state index contributed by atoms with van der Waals surface area (Å²) in [6.07, 6.45) is -0.702. The topological polar surface area (TPSA) is 93.4 Å². The molecule has 3 rings (SSSR count). The Kier molecular flexibility index (Phi) is 7.24. The SMILES string of the molecule is COCc1cc(NC(=O)[C@@H](N)C(=C2CC2)C2CC2)c(F)cc1C(C)C(=O)NCC(F)(F)F. The monoisotopic (exact) mass is 457 g/mol. The van der Waals surface area contributed by atoms with E-state index in [-0.39, 0.29) is 17.9 Å².